The first-order valence-electron chi connectivity index (χ1n) is 5.34. The maximum atomic E-state index is 11.4. The van der Waals surface area contributed by atoms with Gasteiger partial charge in [-0.25, -0.2) is 9.59 Å². The first kappa shape index (κ1) is 17.4. The number of hydrogen-bond donors (Lipinski definition) is 3. The predicted molar refractivity (Wildman–Crippen MR) is 72.8 cm³/mol. The molecule has 0 saturated heterocycles. The molecular weight excluding hydrogens is 278 g/mol. The summed E-state index contributed by atoms with van der Waals surface area (Å²) in [7, 11) is 2.63. The summed E-state index contributed by atoms with van der Waals surface area (Å²) >= 11 is 0. The fourth-order valence-electron chi connectivity index (χ4n) is 0.837. The molecule has 6 nitrogen and oxygen atoms in total. The third-order valence-corrected chi connectivity index (χ3v) is 3.88. The maximum absolute atomic E-state index is 11.4. The van der Waals surface area contributed by atoms with Crippen LogP contribution >= 0.6 is 21.6 Å². The first-order chi connectivity index (χ1) is 8.26. The second-order valence-corrected chi connectivity index (χ2v) is 6.99. The topological polar surface area (TPSA) is 95.9 Å². The van der Waals surface area contributed by atoms with Crippen molar-refractivity contribution in [3.05, 3.63) is 0 Å². The number of rotatable bonds is 7. The van der Waals surface area contributed by atoms with Crippen LogP contribution in [0.15, 0.2) is 0 Å². The van der Waals surface area contributed by atoms with Gasteiger partial charge in [0.2, 0.25) is 0 Å². The molecule has 0 heterocycles. The highest BCUT2D eigenvalue weighted by atomic mass is 33.1. The fraction of sp³-hybridized carbons (Fsp3) is 0.800. The molecule has 0 fully saturated rings. The average molecular weight is 297 g/mol. The Bertz CT molecular complexity index is 280. The third-order valence-electron chi connectivity index (χ3n) is 1.48. The number of amides is 1. The van der Waals surface area contributed by atoms with Crippen LogP contribution in [0.25, 0.3) is 0 Å². The number of alkyl carbamates (subject to hydrolysis) is 1. The quantitative estimate of drug-likeness (QED) is 0.482. The van der Waals surface area contributed by atoms with Gasteiger partial charge in [0.15, 0.2) is 0 Å². The Morgan fingerprint density at radius 3 is 2.39 bits per heavy atom. The van der Waals surface area contributed by atoms with E-state index in [2.05, 4.69) is 5.32 Å². The number of carbonyl (C=O) groups is 2. The molecule has 1 atom stereocenters. The van der Waals surface area contributed by atoms with Gasteiger partial charge in [-0.2, -0.15) is 0 Å². The predicted octanol–water partition coefficient (Wildman–Crippen LogP) is 1.34. The maximum Gasteiger partial charge on any atom is 0.408 e. The molecule has 3 N–H and O–H groups in total. The Kier molecular flexibility index (Phi) is 8.21. The van der Waals surface area contributed by atoms with Gasteiger partial charge in [0.25, 0.3) is 0 Å². The molecule has 1 unspecified atom stereocenters. The highest BCUT2D eigenvalue weighted by Gasteiger charge is 2.23. The van der Waals surface area contributed by atoms with Gasteiger partial charge in [-0.15, -0.1) is 0 Å². The molecule has 0 aliphatic carbocycles. The van der Waals surface area contributed by atoms with Gasteiger partial charge in [-0.3, -0.25) is 0 Å². The Labute approximate surface area is 114 Å². The zero-order valence-corrected chi connectivity index (χ0v) is 12.3. The summed E-state index contributed by atoms with van der Waals surface area (Å²) in [6, 6.07) is -1.00. The van der Waals surface area contributed by atoms with Crippen molar-refractivity contribution in [3.8, 4) is 0 Å². The molecule has 1 amide bonds. The van der Waals surface area contributed by atoms with Crippen molar-refractivity contribution < 1.29 is 24.5 Å². The smallest absolute Gasteiger partial charge is 0.408 e. The molecule has 106 valence electrons. The molecule has 0 bridgehead atoms. The molecule has 0 aliphatic heterocycles. The Balaban J connectivity index is 4.11. The van der Waals surface area contributed by atoms with Gasteiger partial charge >= 0.3 is 12.1 Å². The molecule has 0 saturated carbocycles. The molecular formula is C10H19NO5S2. The number of ether oxygens (including phenoxy) is 1. The van der Waals surface area contributed by atoms with Crippen LogP contribution in [0.3, 0.4) is 0 Å². The van der Waals surface area contributed by atoms with Crippen LogP contribution in [0, 0.1) is 0 Å². The fourth-order valence-corrected chi connectivity index (χ4v) is 2.76. The van der Waals surface area contributed by atoms with E-state index in [1.807, 2.05) is 0 Å². The molecule has 0 rings (SSSR count). The van der Waals surface area contributed by atoms with Crippen LogP contribution < -0.4 is 5.32 Å². The summed E-state index contributed by atoms with van der Waals surface area (Å²) in [6.07, 6.45) is -0.748. The van der Waals surface area contributed by atoms with Gasteiger partial charge < -0.3 is 20.3 Å². The number of aliphatic hydroxyl groups excluding tert-OH is 1. The van der Waals surface area contributed by atoms with Gasteiger partial charge in [0, 0.05) is 11.5 Å². The van der Waals surface area contributed by atoms with E-state index in [9.17, 15) is 9.59 Å². The third kappa shape index (κ3) is 9.43. The Morgan fingerprint density at radius 1 is 1.33 bits per heavy atom. The van der Waals surface area contributed by atoms with Crippen molar-refractivity contribution in [3.63, 3.8) is 0 Å². The minimum atomic E-state index is -1.11. The lowest BCUT2D eigenvalue weighted by molar-refractivity contribution is -0.138. The number of hydrogen-bond acceptors (Lipinski definition) is 6. The molecule has 0 aliphatic rings. The first-order valence-corrected chi connectivity index (χ1v) is 7.82. The van der Waals surface area contributed by atoms with Crippen LogP contribution in [-0.2, 0) is 9.53 Å². The van der Waals surface area contributed by atoms with Gasteiger partial charge in [0.1, 0.15) is 11.6 Å². The van der Waals surface area contributed by atoms with Gasteiger partial charge in [0.05, 0.1) is 6.61 Å². The van der Waals surface area contributed by atoms with Crippen molar-refractivity contribution in [2.45, 2.75) is 32.4 Å². The second-order valence-electron chi connectivity index (χ2n) is 4.37. The summed E-state index contributed by atoms with van der Waals surface area (Å²) in [5.74, 6) is -0.388. The molecule has 0 radical (unpaired) electrons. The number of aliphatic carboxylic acids is 1. The van der Waals surface area contributed by atoms with Crippen molar-refractivity contribution in [2.24, 2.45) is 0 Å². The minimum Gasteiger partial charge on any atom is -0.480 e. The molecule has 0 aromatic heterocycles. The molecule has 0 aromatic rings. The largest absolute Gasteiger partial charge is 0.480 e. The van der Waals surface area contributed by atoms with Crippen LogP contribution in [-0.4, -0.2) is 52.0 Å². The van der Waals surface area contributed by atoms with Crippen molar-refractivity contribution >= 4 is 33.7 Å². The van der Waals surface area contributed by atoms with Crippen molar-refractivity contribution in [2.75, 3.05) is 18.1 Å². The van der Waals surface area contributed by atoms with Gasteiger partial charge in [-0.05, 0) is 20.8 Å². The standard InChI is InChI=1S/C10H19NO5S2/c1-10(2,3)16-9(15)11-7(8(13)14)6-18-17-5-4-12/h7,12H,4-6H2,1-3H3,(H,11,15)(H,13,14). The van der Waals surface area contributed by atoms with Crippen molar-refractivity contribution in [1.29, 1.82) is 0 Å². The summed E-state index contributed by atoms with van der Waals surface area (Å²) in [6.45, 7) is 5.14. The van der Waals surface area contributed by atoms with Gasteiger partial charge in [-0.1, -0.05) is 21.6 Å². The highest BCUT2D eigenvalue weighted by molar-refractivity contribution is 8.76. The zero-order chi connectivity index (χ0) is 14.2. The monoisotopic (exact) mass is 297 g/mol. The van der Waals surface area contributed by atoms with Crippen LogP contribution in [0.1, 0.15) is 20.8 Å². The highest BCUT2D eigenvalue weighted by Crippen LogP contribution is 2.21. The minimum absolute atomic E-state index is 0.0366. The SMILES string of the molecule is CC(C)(C)OC(=O)NC(CSSCCO)C(=O)O. The van der Waals surface area contributed by atoms with E-state index < -0.39 is 23.7 Å². The normalized spacial score (nSPS) is 12.9. The Morgan fingerprint density at radius 2 is 1.94 bits per heavy atom. The van der Waals surface area contributed by atoms with E-state index in [4.69, 9.17) is 14.9 Å². The van der Waals surface area contributed by atoms with Crippen LogP contribution in [0.2, 0.25) is 0 Å². The lowest BCUT2D eigenvalue weighted by Crippen LogP contribution is -2.44. The number of nitrogens with one attached hydrogen (secondary N) is 1. The molecule has 0 aromatic carbocycles. The summed E-state index contributed by atoms with van der Waals surface area (Å²) in [5.41, 5.74) is -0.661. The molecule has 8 heteroatoms. The van der Waals surface area contributed by atoms with E-state index in [1.54, 1.807) is 20.8 Å². The lowest BCUT2D eigenvalue weighted by Gasteiger charge is -2.21. The van der Waals surface area contributed by atoms with E-state index in [-0.39, 0.29) is 12.4 Å². The summed E-state index contributed by atoms with van der Waals surface area (Å²) < 4.78 is 4.98. The number of carboxylic acids is 1. The van der Waals surface area contributed by atoms with E-state index in [1.165, 1.54) is 21.6 Å². The lowest BCUT2D eigenvalue weighted by atomic mass is 10.2. The summed E-state index contributed by atoms with van der Waals surface area (Å²) in [5, 5.41) is 19.8. The average Bonchev–Trinajstić information content (AvgIpc) is 2.19. The molecule has 0 spiro atoms. The second kappa shape index (κ2) is 8.49. The van der Waals surface area contributed by atoms with E-state index >= 15 is 0 Å². The zero-order valence-electron chi connectivity index (χ0n) is 10.6. The van der Waals surface area contributed by atoms with E-state index in [0.717, 1.165) is 0 Å². The van der Waals surface area contributed by atoms with E-state index in [0.29, 0.717) is 5.75 Å². The number of carboxylic acid groups (broad SMARTS) is 1. The van der Waals surface area contributed by atoms with Crippen LogP contribution in [0.4, 0.5) is 4.79 Å². The Hall–Kier alpha value is -0.600. The molecule has 18 heavy (non-hydrogen) atoms. The van der Waals surface area contributed by atoms with Crippen molar-refractivity contribution in [1.82, 2.24) is 5.32 Å². The summed E-state index contributed by atoms with van der Waals surface area (Å²) in [4.78, 5) is 22.3. The number of aliphatic hydroxyl groups is 1. The van der Waals surface area contributed by atoms with Crippen LogP contribution in [0.5, 0.6) is 0 Å². The number of carbonyl (C=O) groups excluding carboxylic acids is 1.